The van der Waals surface area contributed by atoms with E-state index in [0.29, 0.717) is 0 Å². The number of carbonyl (C=O) groups is 1. The summed E-state index contributed by atoms with van der Waals surface area (Å²) in [5.41, 5.74) is 0. The first-order chi connectivity index (χ1) is 9.99. The number of hydrogen-bond acceptors (Lipinski definition) is 4. The molecule has 21 heavy (non-hydrogen) atoms. The topological polar surface area (TPSA) is 53.4 Å². The average molecular weight is 294 g/mol. The number of imidazole rings is 1. The van der Waals surface area contributed by atoms with Gasteiger partial charge in [-0.05, 0) is 25.7 Å². The van der Waals surface area contributed by atoms with Crippen LogP contribution in [0.2, 0.25) is 0 Å². The van der Waals surface area contributed by atoms with Crippen molar-refractivity contribution in [2.75, 3.05) is 0 Å². The number of ether oxygens (including phenoxy) is 2. The van der Waals surface area contributed by atoms with Gasteiger partial charge >= 0.3 is 5.97 Å². The fourth-order valence-corrected chi connectivity index (χ4v) is 2.73. The van der Waals surface area contributed by atoms with Gasteiger partial charge in [-0.1, -0.05) is 26.7 Å². The fourth-order valence-electron chi connectivity index (χ4n) is 2.73. The van der Waals surface area contributed by atoms with E-state index < -0.39 is 6.10 Å². The molecule has 1 aliphatic rings. The van der Waals surface area contributed by atoms with Crippen LogP contribution in [0.1, 0.15) is 58.4 Å². The van der Waals surface area contributed by atoms with E-state index in [1.54, 1.807) is 13.1 Å². The zero-order chi connectivity index (χ0) is 15.4. The molecule has 1 aromatic heterocycles. The van der Waals surface area contributed by atoms with E-state index in [9.17, 15) is 4.79 Å². The van der Waals surface area contributed by atoms with Crippen LogP contribution in [-0.2, 0) is 21.3 Å². The van der Waals surface area contributed by atoms with Crippen molar-refractivity contribution < 1.29 is 14.3 Å². The molecule has 2 atom stereocenters. The molecular weight excluding hydrogens is 268 g/mol. The minimum Gasteiger partial charge on any atom is -0.452 e. The second-order valence-corrected chi connectivity index (χ2v) is 6.18. The van der Waals surface area contributed by atoms with Gasteiger partial charge in [0.05, 0.1) is 6.10 Å². The highest BCUT2D eigenvalue weighted by Gasteiger charge is 2.29. The number of carbonyl (C=O) groups excluding carboxylic acids is 1. The maximum Gasteiger partial charge on any atom is 0.335 e. The van der Waals surface area contributed by atoms with Crippen LogP contribution in [0.5, 0.6) is 0 Å². The zero-order valence-corrected chi connectivity index (χ0v) is 13.4. The zero-order valence-electron chi connectivity index (χ0n) is 13.4. The molecule has 0 N–H and O–H groups in total. The van der Waals surface area contributed by atoms with Crippen molar-refractivity contribution in [3.8, 4) is 0 Å². The van der Waals surface area contributed by atoms with Crippen molar-refractivity contribution in [3.05, 3.63) is 18.2 Å². The van der Waals surface area contributed by atoms with Crippen LogP contribution in [-0.4, -0.2) is 27.7 Å². The minimum atomic E-state index is -0.519. The first-order valence-corrected chi connectivity index (χ1v) is 7.82. The molecule has 1 saturated carbocycles. The summed E-state index contributed by atoms with van der Waals surface area (Å²) in [5, 5.41) is 0. The lowest BCUT2D eigenvalue weighted by molar-refractivity contribution is -0.168. The Morgan fingerprint density at radius 2 is 2.00 bits per heavy atom. The molecule has 1 fully saturated rings. The maximum atomic E-state index is 12.3. The Labute approximate surface area is 126 Å². The largest absolute Gasteiger partial charge is 0.452 e. The Bertz CT molecular complexity index is 464. The molecule has 0 unspecified atom stereocenters. The van der Waals surface area contributed by atoms with E-state index in [4.69, 9.17) is 9.47 Å². The molecule has 0 aromatic carbocycles. The van der Waals surface area contributed by atoms with Crippen LogP contribution >= 0.6 is 0 Å². The van der Waals surface area contributed by atoms with Crippen LogP contribution < -0.4 is 0 Å². The standard InChI is InChI=1S/C16H26N2O3/c1-11(2)14(15-17-9-10-18(15)4)21-16(19)12(3)20-13-7-5-6-8-13/h9-14H,5-8H2,1-4H3/t12-,14+/m0/s1. The van der Waals surface area contributed by atoms with Gasteiger partial charge in [-0.3, -0.25) is 0 Å². The van der Waals surface area contributed by atoms with Gasteiger partial charge in [-0.15, -0.1) is 0 Å². The van der Waals surface area contributed by atoms with Crippen molar-refractivity contribution in [1.82, 2.24) is 9.55 Å². The third-order valence-electron chi connectivity index (χ3n) is 3.99. The number of rotatable bonds is 6. The molecule has 1 aliphatic carbocycles. The molecule has 2 rings (SSSR count). The van der Waals surface area contributed by atoms with Gasteiger partial charge in [-0.25, -0.2) is 9.78 Å². The molecule has 0 radical (unpaired) electrons. The van der Waals surface area contributed by atoms with E-state index in [0.717, 1.165) is 18.7 Å². The Balaban J connectivity index is 1.96. The third kappa shape index (κ3) is 4.06. The van der Waals surface area contributed by atoms with Gasteiger partial charge in [0.1, 0.15) is 5.82 Å². The molecule has 0 spiro atoms. The third-order valence-corrected chi connectivity index (χ3v) is 3.99. The Morgan fingerprint density at radius 1 is 1.33 bits per heavy atom. The van der Waals surface area contributed by atoms with Gasteiger partial charge in [0, 0.05) is 19.4 Å². The maximum absolute atomic E-state index is 12.3. The predicted octanol–water partition coefficient (Wildman–Crippen LogP) is 3.01. The number of hydrogen-bond donors (Lipinski definition) is 0. The normalized spacial score (nSPS) is 18.9. The van der Waals surface area contributed by atoms with Crippen molar-refractivity contribution in [1.29, 1.82) is 0 Å². The van der Waals surface area contributed by atoms with E-state index in [-0.39, 0.29) is 24.1 Å². The van der Waals surface area contributed by atoms with E-state index in [1.165, 1.54) is 12.8 Å². The Kier molecular flexibility index (Phi) is 5.39. The quantitative estimate of drug-likeness (QED) is 0.757. The Morgan fingerprint density at radius 3 is 2.52 bits per heavy atom. The van der Waals surface area contributed by atoms with Crippen molar-refractivity contribution in [3.63, 3.8) is 0 Å². The number of aryl methyl sites for hydroxylation is 1. The summed E-state index contributed by atoms with van der Waals surface area (Å²) in [6, 6.07) is 0. The average Bonchev–Trinajstić information content (AvgIpc) is 3.07. The molecule has 5 nitrogen and oxygen atoms in total. The van der Waals surface area contributed by atoms with E-state index in [1.807, 2.05) is 31.7 Å². The fraction of sp³-hybridized carbons (Fsp3) is 0.750. The molecule has 0 saturated heterocycles. The molecular formula is C16H26N2O3. The minimum absolute atomic E-state index is 0.161. The summed E-state index contributed by atoms with van der Waals surface area (Å²) < 4.78 is 13.4. The smallest absolute Gasteiger partial charge is 0.335 e. The van der Waals surface area contributed by atoms with Crippen LogP contribution in [0.15, 0.2) is 12.4 Å². The lowest BCUT2D eigenvalue weighted by atomic mass is 10.1. The first kappa shape index (κ1) is 16.0. The van der Waals surface area contributed by atoms with Crippen molar-refractivity contribution in [2.24, 2.45) is 13.0 Å². The Hall–Kier alpha value is -1.36. The molecule has 1 aromatic rings. The van der Waals surface area contributed by atoms with Gasteiger partial charge in [0.15, 0.2) is 12.2 Å². The van der Waals surface area contributed by atoms with Gasteiger partial charge < -0.3 is 14.0 Å². The molecule has 0 aliphatic heterocycles. The molecule has 5 heteroatoms. The molecule has 0 bridgehead atoms. The summed E-state index contributed by atoms with van der Waals surface area (Å²) in [4.78, 5) is 16.6. The first-order valence-electron chi connectivity index (χ1n) is 7.82. The van der Waals surface area contributed by atoms with Gasteiger partial charge in [0.25, 0.3) is 0 Å². The van der Waals surface area contributed by atoms with Crippen LogP contribution in [0.3, 0.4) is 0 Å². The summed E-state index contributed by atoms with van der Waals surface area (Å²) in [5.74, 6) is 0.628. The van der Waals surface area contributed by atoms with Gasteiger partial charge in [-0.2, -0.15) is 0 Å². The van der Waals surface area contributed by atoms with Crippen LogP contribution in [0.25, 0.3) is 0 Å². The predicted molar refractivity (Wildman–Crippen MR) is 79.7 cm³/mol. The number of aromatic nitrogens is 2. The van der Waals surface area contributed by atoms with E-state index in [2.05, 4.69) is 4.98 Å². The number of nitrogens with zero attached hydrogens (tertiary/aromatic N) is 2. The SMILES string of the molecule is CC(C)[C@@H](OC(=O)[C@H](C)OC1CCCC1)c1nccn1C. The monoisotopic (exact) mass is 294 g/mol. The van der Waals surface area contributed by atoms with Crippen LogP contribution in [0.4, 0.5) is 0 Å². The summed E-state index contributed by atoms with van der Waals surface area (Å²) in [6.45, 7) is 5.82. The highest BCUT2D eigenvalue weighted by molar-refractivity contribution is 5.74. The summed E-state index contributed by atoms with van der Waals surface area (Å²) >= 11 is 0. The van der Waals surface area contributed by atoms with Crippen molar-refractivity contribution >= 4 is 5.97 Å². The molecule has 118 valence electrons. The van der Waals surface area contributed by atoms with Crippen molar-refractivity contribution in [2.45, 2.75) is 64.8 Å². The highest BCUT2D eigenvalue weighted by Crippen LogP contribution is 2.26. The second kappa shape index (κ2) is 7.07. The molecule has 1 heterocycles. The number of esters is 1. The highest BCUT2D eigenvalue weighted by atomic mass is 16.6. The summed E-state index contributed by atoms with van der Waals surface area (Å²) in [7, 11) is 1.91. The molecule has 0 amide bonds. The lowest BCUT2D eigenvalue weighted by Crippen LogP contribution is -2.30. The summed E-state index contributed by atoms with van der Waals surface area (Å²) in [6.07, 6.45) is 7.39. The van der Waals surface area contributed by atoms with E-state index >= 15 is 0 Å². The van der Waals surface area contributed by atoms with Gasteiger partial charge in [0.2, 0.25) is 0 Å². The van der Waals surface area contributed by atoms with Crippen LogP contribution in [0, 0.1) is 5.92 Å². The lowest BCUT2D eigenvalue weighted by Gasteiger charge is -2.24. The second-order valence-electron chi connectivity index (χ2n) is 6.18.